The number of aryl methyl sites for hydroxylation is 1. The van der Waals surface area contributed by atoms with Gasteiger partial charge in [-0.2, -0.15) is 5.10 Å². The Morgan fingerprint density at radius 3 is 2.62 bits per heavy atom. The number of aromatic carboxylic acids is 1. The first-order valence-electron chi connectivity index (χ1n) is 5.87. The smallest absolute Gasteiger partial charge is 0.337 e. The first-order valence-corrected chi connectivity index (χ1v) is 7.31. The number of anilines is 2. The highest BCUT2D eigenvalue weighted by atomic mass is 32.2. The van der Waals surface area contributed by atoms with E-state index in [1.807, 2.05) is 0 Å². The molecule has 21 heavy (non-hydrogen) atoms. The molecule has 1 heterocycles. The molecule has 1 aromatic heterocycles. The summed E-state index contributed by atoms with van der Waals surface area (Å²) in [6, 6.07) is 4.01. The van der Waals surface area contributed by atoms with E-state index >= 15 is 0 Å². The van der Waals surface area contributed by atoms with Gasteiger partial charge >= 0.3 is 5.97 Å². The monoisotopic (exact) mass is 310 g/mol. The molecule has 1 aromatic carbocycles. The molecule has 2 rings (SSSR count). The van der Waals surface area contributed by atoms with Crippen molar-refractivity contribution in [3.63, 3.8) is 0 Å². The molecular formula is C12H14N4O4S. The van der Waals surface area contributed by atoms with Crippen LogP contribution >= 0.6 is 0 Å². The van der Waals surface area contributed by atoms with Gasteiger partial charge in [0.1, 0.15) is 4.90 Å². The van der Waals surface area contributed by atoms with Crippen LogP contribution in [0.3, 0.4) is 0 Å². The van der Waals surface area contributed by atoms with Crippen molar-refractivity contribution in [1.29, 1.82) is 0 Å². The maximum absolute atomic E-state index is 12.5. The van der Waals surface area contributed by atoms with Crippen LogP contribution in [0.25, 0.3) is 0 Å². The molecule has 0 bridgehead atoms. The summed E-state index contributed by atoms with van der Waals surface area (Å²) in [7, 11) is -2.64. The molecule has 0 saturated heterocycles. The third-order valence-corrected chi connectivity index (χ3v) is 4.90. The van der Waals surface area contributed by atoms with E-state index < -0.39 is 16.0 Å². The first-order chi connectivity index (χ1) is 9.75. The number of nitrogens with one attached hydrogen (secondary N) is 1. The lowest BCUT2D eigenvalue weighted by atomic mass is 10.1. The number of carboxylic acid groups (broad SMARTS) is 1. The summed E-state index contributed by atoms with van der Waals surface area (Å²) >= 11 is 0. The summed E-state index contributed by atoms with van der Waals surface area (Å²) in [4.78, 5) is 11.2. The molecule has 8 nitrogen and oxygen atoms in total. The van der Waals surface area contributed by atoms with E-state index in [1.54, 1.807) is 6.92 Å². The average Bonchev–Trinajstić information content (AvgIpc) is 2.84. The first kappa shape index (κ1) is 14.9. The highest BCUT2D eigenvalue weighted by molar-refractivity contribution is 7.92. The van der Waals surface area contributed by atoms with Crippen LogP contribution in [0.15, 0.2) is 29.3 Å². The SMILES string of the molecule is Cc1[nH]ncc1S(=O)(=O)N(C)c1ccc(N)cc1C(=O)O. The zero-order valence-electron chi connectivity index (χ0n) is 11.4. The molecule has 0 aliphatic carbocycles. The molecule has 0 saturated carbocycles. The Morgan fingerprint density at radius 2 is 2.10 bits per heavy atom. The fourth-order valence-corrected chi connectivity index (χ4v) is 3.21. The number of nitrogen functional groups attached to an aromatic ring is 1. The molecular weight excluding hydrogens is 296 g/mol. The number of carbonyl (C=O) groups is 1. The van der Waals surface area contributed by atoms with Crippen LogP contribution in [-0.2, 0) is 10.0 Å². The van der Waals surface area contributed by atoms with Crippen molar-refractivity contribution in [2.45, 2.75) is 11.8 Å². The molecule has 4 N–H and O–H groups in total. The number of H-pyrrole nitrogens is 1. The van der Waals surface area contributed by atoms with Gasteiger partial charge in [0.2, 0.25) is 0 Å². The number of sulfonamides is 1. The minimum absolute atomic E-state index is 0.0156. The molecule has 0 atom stereocenters. The molecule has 0 aliphatic rings. The molecule has 0 unspecified atom stereocenters. The summed E-state index contributed by atoms with van der Waals surface area (Å²) in [6.45, 7) is 1.56. The molecule has 112 valence electrons. The van der Waals surface area contributed by atoms with Gasteiger partial charge in [-0.3, -0.25) is 9.40 Å². The highest BCUT2D eigenvalue weighted by Crippen LogP contribution is 2.28. The summed E-state index contributed by atoms with van der Waals surface area (Å²) < 4.78 is 25.9. The van der Waals surface area contributed by atoms with Gasteiger partial charge in [-0.15, -0.1) is 0 Å². The largest absolute Gasteiger partial charge is 0.478 e. The lowest BCUT2D eigenvalue weighted by Gasteiger charge is -2.21. The van der Waals surface area contributed by atoms with Gasteiger partial charge < -0.3 is 10.8 Å². The molecule has 2 aromatic rings. The van der Waals surface area contributed by atoms with E-state index in [2.05, 4.69) is 10.2 Å². The standard InChI is InChI=1S/C12H14N4O4S/c1-7-11(6-14-15-7)21(19,20)16(2)10-4-3-8(13)5-9(10)12(17)18/h3-6H,13H2,1-2H3,(H,14,15)(H,17,18). The molecule has 0 aliphatic heterocycles. The van der Waals surface area contributed by atoms with Crippen molar-refractivity contribution in [3.8, 4) is 0 Å². The number of carboxylic acids is 1. The number of aromatic nitrogens is 2. The van der Waals surface area contributed by atoms with Crippen LogP contribution < -0.4 is 10.0 Å². The Hall–Kier alpha value is -2.55. The second-order valence-electron chi connectivity index (χ2n) is 4.41. The Morgan fingerprint density at radius 1 is 1.43 bits per heavy atom. The van der Waals surface area contributed by atoms with Crippen molar-refractivity contribution < 1.29 is 18.3 Å². The molecule has 0 amide bonds. The highest BCUT2D eigenvalue weighted by Gasteiger charge is 2.27. The van der Waals surface area contributed by atoms with Crippen molar-refractivity contribution in [2.75, 3.05) is 17.1 Å². The molecule has 9 heteroatoms. The van der Waals surface area contributed by atoms with E-state index in [9.17, 15) is 18.3 Å². The van der Waals surface area contributed by atoms with E-state index in [4.69, 9.17) is 5.73 Å². The van der Waals surface area contributed by atoms with Crippen molar-refractivity contribution in [2.24, 2.45) is 0 Å². The predicted octanol–water partition coefficient (Wildman–Crippen LogP) is 0.824. The predicted molar refractivity (Wildman–Crippen MR) is 76.7 cm³/mol. The number of nitrogens with zero attached hydrogens (tertiary/aromatic N) is 2. The van der Waals surface area contributed by atoms with Crippen LogP contribution in [-0.4, -0.2) is 36.7 Å². The van der Waals surface area contributed by atoms with Crippen LogP contribution in [0.5, 0.6) is 0 Å². The Balaban J connectivity index is 2.58. The van der Waals surface area contributed by atoms with Crippen molar-refractivity contribution in [3.05, 3.63) is 35.7 Å². The van der Waals surface area contributed by atoms with Gasteiger partial charge in [0.15, 0.2) is 0 Å². The summed E-state index contributed by atoms with van der Waals surface area (Å²) in [5, 5.41) is 15.4. The fourth-order valence-electron chi connectivity index (χ4n) is 1.88. The van der Waals surface area contributed by atoms with Crippen LogP contribution in [0.2, 0.25) is 0 Å². The van der Waals surface area contributed by atoms with Crippen LogP contribution in [0.4, 0.5) is 11.4 Å². The van der Waals surface area contributed by atoms with Gasteiger partial charge in [0.25, 0.3) is 10.0 Å². The number of rotatable bonds is 4. The number of benzene rings is 1. The van der Waals surface area contributed by atoms with Crippen LogP contribution in [0, 0.1) is 6.92 Å². The third kappa shape index (κ3) is 2.55. The summed E-state index contributed by atoms with van der Waals surface area (Å²) in [5.41, 5.74) is 5.99. The summed E-state index contributed by atoms with van der Waals surface area (Å²) in [6.07, 6.45) is 1.18. The summed E-state index contributed by atoms with van der Waals surface area (Å²) in [5.74, 6) is -1.26. The van der Waals surface area contributed by atoms with Gasteiger partial charge in [0, 0.05) is 12.7 Å². The van der Waals surface area contributed by atoms with Gasteiger partial charge in [0.05, 0.1) is 23.1 Å². The van der Waals surface area contributed by atoms with Crippen molar-refractivity contribution >= 4 is 27.4 Å². The second-order valence-corrected chi connectivity index (χ2v) is 6.35. The number of nitrogens with two attached hydrogens (primary N) is 1. The van der Waals surface area contributed by atoms with E-state index in [0.717, 1.165) is 4.31 Å². The maximum atomic E-state index is 12.5. The van der Waals surface area contributed by atoms with E-state index in [0.29, 0.717) is 5.69 Å². The third-order valence-electron chi connectivity index (χ3n) is 3.01. The molecule has 0 spiro atoms. The maximum Gasteiger partial charge on any atom is 0.337 e. The molecule has 0 fully saturated rings. The topological polar surface area (TPSA) is 129 Å². The molecule has 0 radical (unpaired) electrons. The normalized spacial score (nSPS) is 11.3. The lowest BCUT2D eigenvalue weighted by molar-refractivity contribution is 0.0698. The van der Waals surface area contributed by atoms with Crippen molar-refractivity contribution in [1.82, 2.24) is 10.2 Å². The number of hydrogen-bond acceptors (Lipinski definition) is 5. The zero-order chi connectivity index (χ0) is 15.8. The van der Waals surface area contributed by atoms with Crippen LogP contribution in [0.1, 0.15) is 16.1 Å². The number of aromatic amines is 1. The number of hydrogen-bond donors (Lipinski definition) is 3. The minimum Gasteiger partial charge on any atom is -0.478 e. The van der Waals surface area contributed by atoms with Gasteiger partial charge in [-0.05, 0) is 25.1 Å². The fraction of sp³-hybridized carbons (Fsp3) is 0.167. The lowest BCUT2D eigenvalue weighted by Crippen LogP contribution is -2.28. The quantitative estimate of drug-likeness (QED) is 0.717. The van der Waals surface area contributed by atoms with Gasteiger partial charge in [-0.1, -0.05) is 0 Å². The average molecular weight is 310 g/mol. The Kier molecular flexibility index (Phi) is 3.60. The Bertz CT molecular complexity index is 797. The second kappa shape index (κ2) is 5.09. The Labute approximate surface area is 121 Å². The van der Waals surface area contributed by atoms with Gasteiger partial charge in [-0.25, -0.2) is 13.2 Å². The zero-order valence-corrected chi connectivity index (χ0v) is 12.2. The van der Waals surface area contributed by atoms with E-state index in [-0.39, 0.29) is 21.8 Å². The van der Waals surface area contributed by atoms with E-state index in [1.165, 1.54) is 31.4 Å². The minimum atomic E-state index is -3.91.